The first-order valence-electron chi connectivity index (χ1n) is 15.3. The van der Waals surface area contributed by atoms with Crippen molar-refractivity contribution in [2.24, 2.45) is 0 Å². The molecule has 2 fully saturated rings. The van der Waals surface area contributed by atoms with E-state index in [1.807, 2.05) is 0 Å². The number of hydrogen-bond donors (Lipinski definition) is 1. The zero-order valence-electron chi connectivity index (χ0n) is 25.1. The summed E-state index contributed by atoms with van der Waals surface area (Å²) in [6.07, 6.45) is 5.88. The van der Waals surface area contributed by atoms with Gasteiger partial charge in [-0.3, -0.25) is 4.79 Å². The summed E-state index contributed by atoms with van der Waals surface area (Å²) in [7, 11) is 2.12. The van der Waals surface area contributed by atoms with Crippen LogP contribution in [0.25, 0.3) is 10.8 Å². The van der Waals surface area contributed by atoms with Crippen molar-refractivity contribution in [3.05, 3.63) is 70.9 Å². The summed E-state index contributed by atoms with van der Waals surface area (Å²) in [5.41, 5.74) is 5.91. The fourth-order valence-corrected chi connectivity index (χ4v) is 6.84. The third kappa shape index (κ3) is 5.77. The highest BCUT2D eigenvalue weighted by atomic mass is 16.5. The molecule has 0 aliphatic carbocycles. The zero-order valence-corrected chi connectivity index (χ0v) is 25.1. The Labute approximate surface area is 253 Å². The van der Waals surface area contributed by atoms with Gasteiger partial charge in [0.15, 0.2) is 0 Å². The molecule has 1 amide bonds. The molecule has 2 aromatic carbocycles. The number of likely N-dealkylation sites (tertiary alicyclic amines) is 1. The maximum absolute atomic E-state index is 12.6. The number of pyridine rings is 1. The van der Waals surface area contributed by atoms with E-state index in [9.17, 15) is 10.1 Å². The average Bonchev–Trinajstić information content (AvgIpc) is 3.45. The monoisotopic (exact) mass is 580 g/mol. The van der Waals surface area contributed by atoms with Crippen molar-refractivity contribution >= 4 is 28.1 Å². The summed E-state index contributed by atoms with van der Waals surface area (Å²) in [6, 6.07) is 15.7. The number of aliphatic hydroxyl groups is 1. The van der Waals surface area contributed by atoms with Gasteiger partial charge in [-0.15, -0.1) is 0 Å². The molecule has 3 aliphatic heterocycles. The number of amides is 1. The molecule has 1 atom stereocenters. The van der Waals surface area contributed by atoms with Crippen LogP contribution < -0.4 is 14.5 Å². The molecule has 224 valence electrons. The minimum absolute atomic E-state index is 0.100. The summed E-state index contributed by atoms with van der Waals surface area (Å²) in [5.74, 6) is 0.313. The smallest absolute Gasteiger partial charge is 0.246 e. The topological polar surface area (TPSA) is 96.2 Å². The summed E-state index contributed by atoms with van der Waals surface area (Å²) < 4.78 is 6.40. The van der Waals surface area contributed by atoms with Crippen molar-refractivity contribution in [3.8, 4) is 11.9 Å². The Morgan fingerprint density at radius 1 is 1.12 bits per heavy atom. The van der Waals surface area contributed by atoms with E-state index in [1.54, 1.807) is 4.90 Å². The van der Waals surface area contributed by atoms with E-state index in [0.717, 1.165) is 49.3 Å². The van der Waals surface area contributed by atoms with Crippen LogP contribution in [0.1, 0.15) is 35.2 Å². The van der Waals surface area contributed by atoms with Crippen LogP contribution in [0.15, 0.2) is 48.6 Å². The lowest BCUT2D eigenvalue weighted by molar-refractivity contribution is -0.126. The van der Waals surface area contributed by atoms with Gasteiger partial charge in [0.2, 0.25) is 11.8 Å². The average molecular weight is 581 g/mol. The molecule has 43 heavy (non-hydrogen) atoms. The van der Waals surface area contributed by atoms with Crippen molar-refractivity contribution < 1.29 is 14.6 Å². The quantitative estimate of drug-likeness (QED) is 0.424. The van der Waals surface area contributed by atoms with Gasteiger partial charge in [0.1, 0.15) is 18.2 Å². The fourth-order valence-electron chi connectivity index (χ4n) is 6.84. The zero-order chi connectivity index (χ0) is 29.9. The Morgan fingerprint density at radius 3 is 2.63 bits per heavy atom. The first-order valence-corrected chi connectivity index (χ1v) is 15.3. The first-order chi connectivity index (χ1) is 21.0. The largest absolute Gasteiger partial charge is 0.475 e. The van der Waals surface area contributed by atoms with Gasteiger partial charge in [-0.2, -0.15) is 5.26 Å². The lowest BCUT2D eigenvalue weighted by Crippen LogP contribution is -2.49. The van der Waals surface area contributed by atoms with Crippen LogP contribution in [0, 0.1) is 18.3 Å². The predicted molar refractivity (Wildman–Crippen MR) is 169 cm³/mol. The predicted octanol–water partition coefficient (Wildman–Crippen LogP) is 3.65. The number of carbonyl (C=O) groups is 1. The van der Waals surface area contributed by atoms with Crippen LogP contribution in [0.2, 0.25) is 0 Å². The number of anilines is 2. The number of likely N-dealkylation sites (N-methyl/N-ethyl adjacent to an activating group) is 1. The number of ether oxygens (including phenoxy) is 1. The number of aromatic nitrogens is 1. The lowest BCUT2D eigenvalue weighted by atomic mass is 9.96. The van der Waals surface area contributed by atoms with Gasteiger partial charge >= 0.3 is 0 Å². The van der Waals surface area contributed by atoms with Crippen LogP contribution in [0.4, 0.5) is 11.4 Å². The van der Waals surface area contributed by atoms with Gasteiger partial charge in [-0.05, 0) is 56.8 Å². The second-order valence-electron chi connectivity index (χ2n) is 11.8. The normalized spacial score (nSPS) is 19.2. The van der Waals surface area contributed by atoms with E-state index in [1.165, 1.54) is 34.2 Å². The van der Waals surface area contributed by atoms with E-state index in [4.69, 9.17) is 14.8 Å². The molecule has 0 radical (unpaired) electrons. The van der Waals surface area contributed by atoms with Gasteiger partial charge in [-0.1, -0.05) is 36.4 Å². The molecule has 1 unspecified atom stereocenters. The van der Waals surface area contributed by atoms with Crippen LogP contribution in [-0.2, 0) is 17.8 Å². The molecular formula is C34H40N6O3. The molecule has 0 bridgehead atoms. The molecular weight excluding hydrogens is 540 g/mol. The van der Waals surface area contributed by atoms with E-state index in [2.05, 4.69) is 71.1 Å². The number of nitriles is 1. The summed E-state index contributed by atoms with van der Waals surface area (Å²) in [6.45, 7) is 7.32. The number of hydrogen-bond acceptors (Lipinski definition) is 8. The SMILES string of the molecule is Cc1cccc2cccc(N3CCc4c(nc(OCC5CCCN5C)c(C#N)c4N4CCN(C(=O)C=CCO)CC4)C3)c12. The Kier molecular flexibility index (Phi) is 8.50. The fraction of sp³-hybridized carbons (Fsp3) is 0.441. The minimum atomic E-state index is -0.158. The number of benzene rings is 2. The van der Waals surface area contributed by atoms with Crippen molar-refractivity contribution in [1.82, 2.24) is 14.8 Å². The van der Waals surface area contributed by atoms with Crippen molar-refractivity contribution in [1.29, 1.82) is 5.26 Å². The maximum atomic E-state index is 12.6. The highest BCUT2D eigenvalue weighted by Crippen LogP contribution is 2.39. The maximum Gasteiger partial charge on any atom is 0.246 e. The van der Waals surface area contributed by atoms with Gasteiger partial charge in [0.05, 0.1) is 24.5 Å². The van der Waals surface area contributed by atoms with E-state index in [-0.39, 0.29) is 12.5 Å². The van der Waals surface area contributed by atoms with Crippen molar-refractivity contribution in [2.45, 2.75) is 38.8 Å². The van der Waals surface area contributed by atoms with Crippen molar-refractivity contribution in [2.75, 3.05) is 69.3 Å². The highest BCUT2D eigenvalue weighted by molar-refractivity contribution is 5.97. The second-order valence-corrected chi connectivity index (χ2v) is 11.8. The standard InChI is InChI=1S/C34H40N6O3/c1-24-7-3-8-25-9-4-11-30(32(24)25)40-15-13-27-29(22-40)36-34(43-23-26-10-5-14-37(26)2)28(21-35)33(27)39-18-16-38(17-19-39)31(42)12-6-20-41/h3-4,6-9,11-12,26,41H,5,10,13-20,22-23H2,1-2H3. The number of piperazine rings is 1. The van der Waals surface area contributed by atoms with Crippen LogP contribution >= 0.6 is 0 Å². The van der Waals surface area contributed by atoms with Gasteiger partial charge in [0, 0.05) is 61.5 Å². The van der Waals surface area contributed by atoms with Crippen LogP contribution in [-0.4, -0.2) is 91.4 Å². The van der Waals surface area contributed by atoms with E-state index < -0.39 is 0 Å². The number of aryl methyl sites for hydroxylation is 1. The number of aliphatic hydroxyl groups excluding tert-OH is 1. The Morgan fingerprint density at radius 2 is 1.91 bits per heavy atom. The number of carbonyl (C=O) groups excluding carboxylic acids is 1. The van der Waals surface area contributed by atoms with Gasteiger partial charge < -0.3 is 29.4 Å². The Hall–Kier alpha value is -4.13. The first kappa shape index (κ1) is 29.0. The Balaban J connectivity index is 1.35. The van der Waals surface area contributed by atoms with Gasteiger partial charge in [0.25, 0.3) is 0 Å². The molecule has 1 N–H and O–H groups in total. The Bertz CT molecular complexity index is 1570. The van der Waals surface area contributed by atoms with Crippen molar-refractivity contribution in [3.63, 3.8) is 0 Å². The number of nitrogens with zero attached hydrogens (tertiary/aromatic N) is 6. The molecule has 4 heterocycles. The molecule has 3 aliphatic rings. The van der Waals surface area contributed by atoms with Crippen LogP contribution in [0.3, 0.4) is 0 Å². The van der Waals surface area contributed by atoms with Crippen LogP contribution in [0.5, 0.6) is 5.88 Å². The molecule has 9 heteroatoms. The molecule has 2 saturated heterocycles. The summed E-state index contributed by atoms with van der Waals surface area (Å²) >= 11 is 0. The second kappa shape index (κ2) is 12.6. The number of fused-ring (bicyclic) bond motifs is 2. The molecule has 3 aromatic rings. The lowest BCUT2D eigenvalue weighted by Gasteiger charge is -2.39. The summed E-state index contributed by atoms with van der Waals surface area (Å²) in [4.78, 5) is 26.4. The molecule has 9 nitrogen and oxygen atoms in total. The summed E-state index contributed by atoms with van der Waals surface area (Å²) in [5, 5.41) is 22.0. The molecule has 0 saturated carbocycles. The van der Waals surface area contributed by atoms with E-state index in [0.29, 0.717) is 56.8 Å². The van der Waals surface area contributed by atoms with Gasteiger partial charge in [-0.25, -0.2) is 4.98 Å². The van der Waals surface area contributed by atoms with E-state index >= 15 is 0 Å². The molecule has 1 aromatic heterocycles. The third-order valence-corrected chi connectivity index (χ3v) is 9.19. The number of rotatable bonds is 7. The minimum Gasteiger partial charge on any atom is -0.475 e. The molecule has 0 spiro atoms. The highest BCUT2D eigenvalue weighted by Gasteiger charge is 2.32. The molecule has 6 rings (SSSR count). The third-order valence-electron chi connectivity index (χ3n) is 9.19.